The van der Waals surface area contributed by atoms with Gasteiger partial charge in [0.15, 0.2) is 11.2 Å². The third-order valence-corrected chi connectivity index (χ3v) is 6.27. The lowest BCUT2D eigenvalue weighted by molar-refractivity contribution is -0.134. The number of aromatic nitrogens is 5. The minimum atomic E-state index is -0.267. The molecule has 1 fully saturated rings. The van der Waals surface area contributed by atoms with Crippen LogP contribution in [0.2, 0.25) is 0 Å². The van der Waals surface area contributed by atoms with Crippen molar-refractivity contribution in [3.63, 3.8) is 0 Å². The molecule has 0 saturated carbocycles. The fraction of sp³-hybridized carbons (Fsp3) is 0.542. The van der Waals surface area contributed by atoms with Gasteiger partial charge in [-0.25, -0.2) is 9.67 Å². The lowest BCUT2D eigenvalue weighted by Crippen LogP contribution is -2.42. The average Bonchev–Trinajstić information content (AvgIpc) is 3.23. The van der Waals surface area contributed by atoms with Crippen LogP contribution >= 0.6 is 0 Å². The summed E-state index contributed by atoms with van der Waals surface area (Å²) in [6.07, 6.45) is 3.41. The highest BCUT2D eigenvalue weighted by Gasteiger charge is 2.30. The second-order valence-corrected chi connectivity index (χ2v) is 9.21. The second-order valence-electron chi connectivity index (χ2n) is 9.21. The molecule has 2 unspecified atom stereocenters. The number of rotatable bonds is 6. The number of benzene rings is 1. The van der Waals surface area contributed by atoms with Gasteiger partial charge in [-0.05, 0) is 43.2 Å². The summed E-state index contributed by atoms with van der Waals surface area (Å²) in [4.78, 5) is 34.8. The summed E-state index contributed by atoms with van der Waals surface area (Å²) >= 11 is 0. The molecule has 1 aliphatic heterocycles. The van der Waals surface area contributed by atoms with Gasteiger partial charge in [0.05, 0.1) is 12.0 Å². The van der Waals surface area contributed by atoms with Gasteiger partial charge in [-0.15, -0.1) is 5.10 Å². The van der Waals surface area contributed by atoms with E-state index in [9.17, 15) is 9.59 Å². The van der Waals surface area contributed by atoms with Crippen molar-refractivity contribution in [2.45, 2.75) is 65.3 Å². The Hall–Kier alpha value is -3.03. The standard InChI is InChI=1S/C24H32N6O2/c1-5-20-25-22-21(23(31)26-20)27-28-30(22)19-7-6-12-29(14-19)24(32)16(4)18-10-8-17(9-11-18)13-15(2)3/h8-11,15-16,19H,5-7,12-14H2,1-4H3,(H,25,26,31). The van der Waals surface area contributed by atoms with Gasteiger partial charge in [0.25, 0.3) is 5.56 Å². The molecule has 1 N–H and O–H groups in total. The average molecular weight is 437 g/mol. The molecule has 2 aromatic heterocycles. The molecule has 1 amide bonds. The van der Waals surface area contributed by atoms with Crippen molar-refractivity contribution >= 4 is 17.1 Å². The summed E-state index contributed by atoms with van der Waals surface area (Å²) in [7, 11) is 0. The Morgan fingerprint density at radius 3 is 2.66 bits per heavy atom. The largest absolute Gasteiger partial charge is 0.340 e. The predicted octanol–water partition coefficient (Wildman–Crippen LogP) is 3.24. The van der Waals surface area contributed by atoms with E-state index in [4.69, 9.17) is 0 Å². The number of carbonyl (C=O) groups is 1. The van der Waals surface area contributed by atoms with Crippen molar-refractivity contribution < 1.29 is 4.79 Å². The summed E-state index contributed by atoms with van der Waals surface area (Å²) < 4.78 is 1.73. The highest BCUT2D eigenvalue weighted by molar-refractivity contribution is 5.83. The van der Waals surface area contributed by atoms with E-state index in [0.29, 0.717) is 30.4 Å². The van der Waals surface area contributed by atoms with E-state index in [0.717, 1.165) is 31.4 Å². The Labute approximate surface area is 188 Å². The SMILES string of the molecule is CCc1nc2c(nnn2C2CCCN(C(=O)C(C)c3ccc(CC(C)C)cc3)C2)c(=O)[nH]1. The van der Waals surface area contributed by atoms with Gasteiger partial charge in [0.1, 0.15) is 5.82 Å². The number of aromatic amines is 1. The van der Waals surface area contributed by atoms with Gasteiger partial charge < -0.3 is 9.88 Å². The van der Waals surface area contributed by atoms with Crippen LogP contribution in [-0.4, -0.2) is 48.9 Å². The lowest BCUT2D eigenvalue weighted by Gasteiger charge is -2.34. The molecule has 3 heterocycles. The van der Waals surface area contributed by atoms with E-state index in [1.165, 1.54) is 5.56 Å². The zero-order chi connectivity index (χ0) is 22.8. The topological polar surface area (TPSA) is 96.8 Å². The number of hydrogen-bond donors (Lipinski definition) is 1. The number of carbonyl (C=O) groups excluding carboxylic acids is 1. The molecule has 0 spiro atoms. The molecule has 0 aliphatic carbocycles. The number of likely N-dealkylation sites (tertiary alicyclic amines) is 1. The Morgan fingerprint density at radius 2 is 1.97 bits per heavy atom. The third kappa shape index (κ3) is 4.45. The van der Waals surface area contributed by atoms with E-state index < -0.39 is 0 Å². The minimum absolute atomic E-state index is 0.0441. The number of amides is 1. The first kappa shape index (κ1) is 22.2. The van der Waals surface area contributed by atoms with Crippen molar-refractivity contribution in [3.8, 4) is 0 Å². The van der Waals surface area contributed by atoms with Gasteiger partial charge in [0.2, 0.25) is 5.91 Å². The van der Waals surface area contributed by atoms with Crippen molar-refractivity contribution in [1.82, 2.24) is 29.9 Å². The highest BCUT2D eigenvalue weighted by atomic mass is 16.2. The molecule has 4 rings (SSSR count). The number of H-pyrrole nitrogens is 1. The third-order valence-electron chi connectivity index (χ3n) is 6.27. The summed E-state index contributed by atoms with van der Waals surface area (Å²) in [5.41, 5.74) is 2.82. The van der Waals surface area contributed by atoms with E-state index in [1.54, 1.807) is 4.68 Å². The zero-order valence-corrected chi connectivity index (χ0v) is 19.3. The Bertz CT molecular complexity index is 1150. The number of nitrogens with zero attached hydrogens (tertiary/aromatic N) is 5. The zero-order valence-electron chi connectivity index (χ0n) is 19.3. The fourth-order valence-corrected chi connectivity index (χ4v) is 4.48. The Morgan fingerprint density at radius 1 is 1.22 bits per heavy atom. The van der Waals surface area contributed by atoms with Crippen LogP contribution in [0.5, 0.6) is 0 Å². The number of fused-ring (bicyclic) bond motifs is 1. The summed E-state index contributed by atoms with van der Waals surface area (Å²) in [5, 5.41) is 8.28. The van der Waals surface area contributed by atoms with Gasteiger partial charge in [-0.1, -0.05) is 50.3 Å². The maximum atomic E-state index is 13.3. The maximum Gasteiger partial charge on any atom is 0.281 e. The van der Waals surface area contributed by atoms with Crippen molar-refractivity contribution in [3.05, 3.63) is 51.6 Å². The Balaban J connectivity index is 1.51. The van der Waals surface area contributed by atoms with E-state index >= 15 is 0 Å². The number of nitrogens with one attached hydrogen (secondary N) is 1. The number of hydrogen-bond acceptors (Lipinski definition) is 5. The van der Waals surface area contributed by atoms with Gasteiger partial charge in [-0.2, -0.15) is 0 Å². The first-order valence-electron chi connectivity index (χ1n) is 11.6. The normalized spacial score (nSPS) is 17.8. The molecule has 8 nitrogen and oxygen atoms in total. The molecule has 0 bridgehead atoms. The monoisotopic (exact) mass is 436 g/mol. The van der Waals surface area contributed by atoms with Gasteiger partial charge >= 0.3 is 0 Å². The van der Waals surface area contributed by atoms with Crippen LogP contribution in [0.4, 0.5) is 0 Å². The molecule has 170 valence electrons. The quantitative estimate of drug-likeness (QED) is 0.640. The van der Waals surface area contributed by atoms with Crippen LogP contribution in [0.25, 0.3) is 11.2 Å². The van der Waals surface area contributed by atoms with E-state index in [2.05, 4.69) is 58.4 Å². The summed E-state index contributed by atoms with van der Waals surface area (Å²) in [6, 6.07) is 8.38. The van der Waals surface area contributed by atoms with Gasteiger partial charge in [-0.3, -0.25) is 9.59 Å². The lowest BCUT2D eigenvalue weighted by atomic mass is 9.95. The van der Waals surface area contributed by atoms with Crippen LogP contribution in [-0.2, 0) is 17.6 Å². The van der Waals surface area contributed by atoms with Gasteiger partial charge in [0, 0.05) is 19.5 Å². The molecule has 1 aliphatic rings. The molecule has 1 saturated heterocycles. The first-order chi connectivity index (χ1) is 15.4. The molecule has 2 atom stereocenters. The van der Waals surface area contributed by atoms with Crippen molar-refractivity contribution in [1.29, 1.82) is 0 Å². The molecular weight excluding hydrogens is 404 g/mol. The van der Waals surface area contributed by atoms with Crippen molar-refractivity contribution in [2.24, 2.45) is 5.92 Å². The van der Waals surface area contributed by atoms with Crippen LogP contribution in [0.15, 0.2) is 29.1 Å². The molecule has 1 aromatic carbocycles. The summed E-state index contributed by atoms with van der Waals surface area (Å²) in [6.45, 7) is 9.60. The Kier molecular flexibility index (Phi) is 6.39. The predicted molar refractivity (Wildman–Crippen MR) is 124 cm³/mol. The maximum absolute atomic E-state index is 13.3. The molecule has 0 radical (unpaired) electrons. The number of aryl methyl sites for hydroxylation is 1. The van der Waals surface area contributed by atoms with Crippen LogP contribution < -0.4 is 5.56 Å². The summed E-state index contributed by atoms with van der Waals surface area (Å²) in [5.74, 6) is 1.14. The molecule has 8 heteroatoms. The molecule has 3 aromatic rings. The molecule has 32 heavy (non-hydrogen) atoms. The van der Waals surface area contributed by atoms with Crippen LogP contribution in [0.3, 0.4) is 0 Å². The molecular formula is C24H32N6O2. The minimum Gasteiger partial charge on any atom is -0.340 e. The van der Waals surface area contributed by atoms with Crippen LogP contribution in [0, 0.1) is 5.92 Å². The van der Waals surface area contributed by atoms with E-state index in [-0.39, 0.29) is 28.9 Å². The van der Waals surface area contributed by atoms with E-state index in [1.807, 2.05) is 18.7 Å². The second kappa shape index (κ2) is 9.22. The fourth-order valence-electron chi connectivity index (χ4n) is 4.48. The smallest absolute Gasteiger partial charge is 0.281 e. The highest BCUT2D eigenvalue weighted by Crippen LogP contribution is 2.27. The van der Waals surface area contributed by atoms with Crippen LogP contribution in [0.1, 0.15) is 69.4 Å². The number of piperidine rings is 1. The first-order valence-corrected chi connectivity index (χ1v) is 11.6. The van der Waals surface area contributed by atoms with Crippen molar-refractivity contribution in [2.75, 3.05) is 13.1 Å².